The highest BCUT2D eigenvalue weighted by molar-refractivity contribution is 7.21. The summed E-state index contributed by atoms with van der Waals surface area (Å²) < 4.78 is 14.6. The van der Waals surface area contributed by atoms with Crippen molar-refractivity contribution in [2.45, 2.75) is 13.3 Å². The molecule has 0 atom stereocenters. The summed E-state index contributed by atoms with van der Waals surface area (Å²) in [5.74, 6) is 0.931. The number of hydrogen-bond donors (Lipinski definition) is 3. The van der Waals surface area contributed by atoms with E-state index in [-0.39, 0.29) is 12.4 Å². The van der Waals surface area contributed by atoms with Crippen LogP contribution in [0.5, 0.6) is 0 Å². The first-order valence-electron chi connectivity index (χ1n) is 10.7. The number of thiazole rings is 1. The van der Waals surface area contributed by atoms with E-state index in [0.717, 1.165) is 48.8 Å². The van der Waals surface area contributed by atoms with Crippen LogP contribution in [0.1, 0.15) is 12.0 Å². The normalized spacial score (nSPS) is 11.2. The zero-order valence-corrected chi connectivity index (χ0v) is 18.8. The molecular formula is C25H22FN5OS. The van der Waals surface area contributed by atoms with E-state index in [0.29, 0.717) is 18.9 Å². The van der Waals surface area contributed by atoms with Crippen molar-refractivity contribution in [1.29, 1.82) is 0 Å². The fraction of sp³-hybridized carbons (Fsp3) is 0.160. The van der Waals surface area contributed by atoms with E-state index in [1.165, 1.54) is 23.5 Å². The first-order valence-corrected chi connectivity index (χ1v) is 11.5. The number of aromatic nitrogens is 3. The second-order valence-corrected chi connectivity index (χ2v) is 8.79. The highest BCUT2D eigenvalue weighted by atomic mass is 32.1. The Morgan fingerprint density at radius 3 is 2.70 bits per heavy atom. The van der Waals surface area contributed by atoms with Crippen molar-refractivity contribution in [1.82, 2.24) is 15.0 Å². The first kappa shape index (κ1) is 21.2. The highest BCUT2D eigenvalue weighted by Gasteiger charge is 2.11. The molecule has 0 unspecified atom stereocenters. The Hall–Kier alpha value is -3.62. The lowest BCUT2D eigenvalue weighted by Gasteiger charge is -2.12. The predicted molar refractivity (Wildman–Crippen MR) is 133 cm³/mol. The van der Waals surface area contributed by atoms with Crippen LogP contribution in [0.4, 0.5) is 21.8 Å². The lowest BCUT2D eigenvalue weighted by molar-refractivity contribution is 0.292. The van der Waals surface area contributed by atoms with Gasteiger partial charge in [-0.25, -0.2) is 14.4 Å². The fourth-order valence-corrected chi connectivity index (χ4v) is 4.60. The third-order valence-electron chi connectivity index (χ3n) is 5.19. The van der Waals surface area contributed by atoms with Crippen LogP contribution in [0, 0.1) is 12.7 Å². The number of nitrogens with one attached hydrogen (secondary N) is 2. The smallest absolute Gasteiger partial charge is 0.229 e. The number of aliphatic hydroxyl groups is 1. The van der Waals surface area contributed by atoms with Gasteiger partial charge in [0.15, 0.2) is 0 Å². The van der Waals surface area contributed by atoms with Gasteiger partial charge < -0.3 is 15.7 Å². The molecule has 3 aromatic carbocycles. The summed E-state index contributed by atoms with van der Waals surface area (Å²) >= 11 is 1.51. The molecule has 0 saturated heterocycles. The molecule has 2 heterocycles. The Kier molecular flexibility index (Phi) is 5.85. The first-order chi connectivity index (χ1) is 16.1. The molecule has 0 spiro atoms. The minimum absolute atomic E-state index is 0.118. The molecule has 5 rings (SSSR count). The largest absolute Gasteiger partial charge is 0.396 e. The van der Waals surface area contributed by atoms with Gasteiger partial charge in [0.25, 0.3) is 0 Å². The van der Waals surface area contributed by atoms with Gasteiger partial charge in [-0.15, -0.1) is 11.3 Å². The number of hydrogen-bond acceptors (Lipinski definition) is 7. The molecule has 166 valence electrons. The Morgan fingerprint density at radius 2 is 1.85 bits per heavy atom. The molecule has 0 radical (unpaired) electrons. The van der Waals surface area contributed by atoms with Crippen molar-refractivity contribution >= 4 is 49.9 Å². The molecule has 0 bridgehead atoms. The van der Waals surface area contributed by atoms with Gasteiger partial charge in [0, 0.05) is 29.8 Å². The van der Waals surface area contributed by atoms with Crippen molar-refractivity contribution in [2.75, 3.05) is 23.8 Å². The number of anilines is 3. The molecule has 6 nitrogen and oxygen atoms in total. The second kappa shape index (κ2) is 9.09. The molecular weight excluding hydrogens is 437 g/mol. The van der Waals surface area contributed by atoms with E-state index in [4.69, 9.17) is 5.11 Å². The molecule has 2 aromatic heterocycles. The van der Waals surface area contributed by atoms with Gasteiger partial charge in [0.1, 0.15) is 16.6 Å². The Morgan fingerprint density at radius 1 is 0.970 bits per heavy atom. The van der Waals surface area contributed by atoms with Crippen molar-refractivity contribution in [3.8, 4) is 10.6 Å². The lowest BCUT2D eigenvalue weighted by Crippen LogP contribution is -2.08. The van der Waals surface area contributed by atoms with Crippen LogP contribution < -0.4 is 10.6 Å². The van der Waals surface area contributed by atoms with Crippen molar-refractivity contribution in [3.05, 3.63) is 72.0 Å². The number of benzene rings is 3. The SMILES string of the molecule is Cc1ccc2nc(Nc3ccc4nc(-c5cccc(F)c5)sc4c3)nc(NCCCO)c2c1. The number of aliphatic hydroxyl groups excluding tert-OH is 1. The third kappa shape index (κ3) is 4.62. The Labute approximate surface area is 194 Å². The fourth-order valence-electron chi connectivity index (χ4n) is 3.60. The molecule has 8 heteroatoms. The van der Waals surface area contributed by atoms with Crippen molar-refractivity contribution in [2.24, 2.45) is 0 Å². The quantitative estimate of drug-likeness (QED) is 0.263. The summed E-state index contributed by atoms with van der Waals surface area (Å²) in [6.07, 6.45) is 0.635. The Bertz CT molecular complexity index is 1450. The summed E-state index contributed by atoms with van der Waals surface area (Å²) in [5, 5.41) is 17.4. The summed E-state index contributed by atoms with van der Waals surface area (Å²) in [5.41, 5.74) is 4.41. The van der Waals surface area contributed by atoms with Gasteiger partial charge in [-0.2, -0.15) is 4.98 Å². The van der Waals surface area contributed by atoms with E-state index in [2.05, 4.69) is 31.7 Å². The van der Waals surface area contributed by atoms with Crippen LogP contribution in [0.2, 0.25) is 0 Å². The van der Waals surface area contributed by atoms with E-state index in [1.807, 2.05) is 43.3 Å². The zero-order valence-electron chi connectivity index (χ0n) is 18.0. The van der Waals surface area contributed by atoms with Crippen LogP contribution in [-0.4, -0.2) is 33.2 Å². The average molecular weight is 460 g/mol. The lowest BCUT2D eigenvalue weighted by atomic mass is 10.1. The molecule has 0 aliphatic heterocycles. The standard InChI is InChI=1S/C25H22FN5OS/c1-15-6-8-20-19(12-15)23(27-10-3-11-32)31-25(30-20)28-18-7-9-21-22(14-18)33-24(29-21)16-4-2-5-17(26)13-16/h2,4-9,12-14,32H,3,10-11H2,1H3,(H2,27,28,30,31). The van der Waals surface area contributed by atoms with E-state index in [1.54, 1.807) is 6.07 Å². The third-order valence-corrected chi connectivity index (χ3v) is 6.26. The topological polar surface area (TPSA) is 83.0 Å². The summed E-state index contributed by atoms with van der Waals surface area (Å²) in [4.78, 5) is 14.0. The van der Waals surface area contributed by atoms with Gasteiger partial charge in [-0.3, -0.25) is 0 Å². The minimum Gasteiger partial charge on any atom is -0.396 e. The molecule has 5 aromatic rings. The molecule has 3 N–H and O–H groups in total. The number of aryl methyl sites for hydroxylation is 1. The maximum absolute atomic E-state index is 13.6. The monoisotopic (exact) mass is 459 g/mol. The molecule has 33 heavy (non-hydrogen) atoms. The van der Waals surface area contributed by atoms with Gasteiger partial charge >= 0.3 is 0 Å². The molecule has 0 saturated carbocycles. The molecule has 0 amide bonds. The maximum Gasteiger partial charge on any atom is 0.229 e. The van der Waals surface area contributed by atoms with E-state index in [9.17, 15) is 4.39 Å². The number of nitrogens with zero attached hydrogens (tertiary/aromatic N) is 3. The van der Waals surface area contributed by atoms with Crippen LogP contribution in [0.15, 0.2) is 60.7 Å². The number of rotatable bonds is 7. The van der Waals surface area contributed by atoms with Gasteiger partial charge in [-0.1, -0.05) is 23.8 Å². The number of halogens is 1. The minimum atomic E-state index is -0.277. The van der Waals surface area contributed by atoms with Crippen molar-refractivity contribution in [3.63, 3.8) is 0 Å². The Balaban J connectivity index is 1.47. The van der Waals surface area contributed by atoms with Gasteiger partial charge in [0.2, 0.25) is 5.95 Å². The van der Waals surface area contributed by atoms with Crippen LogP contribution >= 0.6 is 11.3 Å². The maximum atomic E-state index is 13.6. The second-order valence-electron chi connectivity index (χ2n) is 7.76. The average Bonchev–Trinajstić information content (AvgIpc) is 3.23. The summed E-state index contributed by atoms with van der Waals surface area (Å²) in [6.45, 7) is 2.77. The van der Waals surface area contributed by atoms with Crippen LogP contribution in [0.3, 0.4) is 0 Å². The van der Waals surface area contributed by atoms with E-state index >= 15 is 0 Å². The highest BCUT2D eigenvalue weighted by Crippen LogP contribution is 2.33. The molecule has 0 aliphatic rings. The van der Waals surface area contributed by atoms with Gasteiger partial charge in [0.05, 0.1) is 15.7 Å². The summed E-state index contributed by atoms with van der Waals surface area (Å²) in [6, 6.07) is 18.4. The van der Waals surface area contributed by atoms with Crippen LogP contribution in [-0.2, 0) is 0 Å². The van der Waals surface area contributed by atoms with Gasteiger partial charge in [-0.05, 0) is 55.8 Å². The molecule has 0 fully saturated rings. The van der Waals surface area contributed by atoms with Crippen LogP contribution in [0.25, 0.3) is 31.7 Å². The number of fused-ring (bicyclic) bond motifs is 2. The predicted octanol–water partition coefficient (Wildman–Crippen LogP) is 5.89. The molecule has 0 aliphatic carbocycles. The van der Waals surface area contributed by atoms with Crippen molar-refractivity contribution < 1.29 is 9.50 Å². The van der Waals surface area contributed by atoms with E-state index < -0.39 is 0 Å². The zero-order chi connectivity index (χ0) is 22.8. The summed E-state index contributed by atoms with van der Waals surface area (Å²) in [7, 11) is 0.